The highest BCUT2D eigenvalue weighted by atomic mass is 79.9. The summed E-state index contributed by atoms with van der Waals surface area (Å²) in [6.07, 6.45) is 0. The molecule has 94 valence electrons. The third-order valence-corrected chi connectivity index (χ3v) is 3.40. The largest absolute Gasteiger partial charge is 0.388 e. The first-order chi connectivity index (χ1) is 8.69. The molecule has 2 aromatic rings. The van der Waals surface area contributed by atoms with Gasteiger partial charge in [0.1, 0.15) is 0 Å². The molecule has 0 aromatic heterocycles. The molecule has 0 unspecified atom stereocenters. The average Bonchev–Trinajstić information content (AvgIpc) is 2.39. The van der Waals surface area contributed by atoms with E-state index < -0.39 is 0 Å². The smallest absolute Gasteiger partial charge is 0.0426 e. The van der Waals surface area contributed by atoms with E-state index in [1.54, 1.807) is 0 Å². The monoisotopic (exact) mass is 304 g/mol. The number of rotatable bonds is 4. The highest BCUT2D eigenvalue weighted by Crippen LogP contribution is 2.20. The molecule has 0 aliphatic carbocycles. The van der Waals surface area contributed by atoms with Gasteiger partial charge in [0, 0.05) is 36.5 Å². The first kappa shape index (κ1) is 13.0. The zero-order valence-corrected chi connectivity index (χ0v) is 12.2. The Hall–Kier alpha value is -1.48. The normalized spacial score (nSPS) is 10.2. The van der Waals surface area contributed by atoms with Crippen LogP contribution in [0, 0.1) is 0 Å². The van der Waals surface area contributed by atoms with Gasteiger partial charge in [-0.15, -0.1) is 0 Å². The lowest BCUT2D eigenvalue weighted by Crippen LogP contribution is -2.16. The summed E-state index contributed by atoms with van der Waals surface area (Å²) in [7, 11) is 4.04. The van der Waals surface area contributed by atoms with Gasteiger partial charge < -0.3 is 10.2 Å². The Balaban J connectivity index is 2.08. The van der Waals surface area contributed by atoms with Crippen LogP contribution in [0.4, 0.5) is 11.4 Å². The van der Waals surface area contributed by atoms with E-state index in [-0.39, 0.29) is 0 Å². The summed E-state index contributed by atoms with van der Waals surface area (Å²) in [6.45, 7) is 0.903. The Bertz CT molecular complexity index is 508. The molecular weight excluding hydrogens is 288 g/mol. The lowest BCUT2D eigenvalue weighted by Gasteiger charge is -2.19. The van der Waals surface area contributed by atoms with Crippen LogP contribution in [0.3, 0.4) is 0 Å². The van der Waals surface area contributed by atoms with Gasteiger partial charge in [-0.2, -0.15) is 0 Å². The molecule has 2 rings (SSSR count). The second-order valence-corrected chi connectivity index (χ2v) is 5.20. The topological polar surface area (TPSA) is 15.3 Å². The molecule has 2 aromatic carbocycles. The van der Waals surface area contributed by atoms with Crippen LogP contribution in [-0.4, -0.2) is 14.1 Å². The number of anilines is 2. The van der Waals surface area contributed by atoms with Gasteiger partial charge in [0.15, 0.2) is 0 Å². The minimum Gasteiger partial charge on any atom is -0.388 e. The van der Waals surface area contributed by atoms with Crippen molar-refractivity contribution < 1.29 is 0 Å². The minimum atomic E-state index is 0.903. The van der Waals surface area contributed by atoms with E-state index in [9.17, 15) is 0 Å². The third kappa shape index (κ3) is 3.26. The van der Waals surface area contributed by atoms with Crippen LogP contribution in [0.15, 0.2) is 53.0 Å². The summed E-state index contributed by atoms with van der Waals surface area (Å²) < 4.78 is 1.11. The maximum atomic E-state index is 3.50. The van der Waals surface area contributed by atoms with Gasteiger partial charge >= 0.3 is 0 Å². The van der Waals surface area contributed by atoms with Crippen molar-refractivity contribution in [2.45, 2.75) is 6.54 Å². The van der Waals surface area contributed by atoms with Crippen LogP contribution in [0.1, 0.15) is 5.56 Å². The maximum Gasteiger partial charge on any atom is 0.0426 e. The van der Waals surface area contributed by atoms with E-state index in [0.717, 1.165) is 16.7 Å². The van der Waals surface area contributed by atoms with Crippen LogP contribution in [0.25, 0.3) is 0 Å². The second kappa shape index (κ2) is 5.91. The summed E-state index contributed by atoms with van der Waals surface area (Å²) in [5, 5.41) is 3.13. The standard InChI is InChI=1S/C15H17BrN2/c1-17-14-8-6-12(7-9-14)11-18(2)15-5-3-4-13(16)10-15/h3-10,17H,11H2,1-2H3. The predicted molar refractivity (Wildman–Crippen MR) is 82.2 cm³/mol. The van der Waals surface area contributed by atoms with Gasteiger partial charge in [-0.05, 0) is 35.9 Å². The van der Waals surface area contributed by atoms with Crippen molar-refractivity contribution in [1.29, 1.82) is 0 Å². The predicted octanol–water partition coefficient (Wildman–Crippen LogP) is 4.13. The SMILES string of the molecule is CNc1ccc(CN(C)c2cccc(Br)c2)cc1. The minimum absolute atomic E-state index is 0.903. The summed E-state index contributed by atoms with van der Waals surface area (Å²) >= 11 is 3.50. The lowest BCUT2D eigenvalue weighted by atomic mass is 10.2. The number of benzene rings is 2. The molecule has 18 heavy (non-hydrogen) atoms. The van der Waals surface area contributed by atoms with Gasteiger partial charge in [0.2, 0.25) is 0 Å². The van der Waals surface area contributed by atoms with Gasteiger partial charge in [-0.1, -0.05) is 34.1 Å². The molecule has 0 saturated heterocycles. The van der Waals surface area contributed by atoms with Crippen LogP contribution < -0.4 is 10.2 Å². The number of hydrogen-bond donors (Lipinski definition) is 1. The first-order valence-corrected chi connectivity index (χ1v) is 6.72. The zero-order chi connectivity index (χ0) is 13.0. The number of nitrogens with zero attached hydrogens (tertiary/aromatic N) is 1. The van der Waals surface area contributed by atoms with Gasteiger partial charge in [-0.25, -0.2) is 0 Å². The second-order valence-electron chi connectivity index (χ2n) is 4.28. The van der Waals surface area contributed by atoms with Crippen molar-refractivity contribution in [2.24, 2.45) is 0 Å². The van der Waals surface area contributed by atoms with E-state index in [0.29, 0.717) is 0 Å². The molecule has 0 bridgehead atoms. The molecule has 0 fully saturated rings. The molecule has 0 spiro atoms. The number of hydrogen-bond acceptors (Lipinski definition) is 2. The maximum absolute atomic E-state index is 3.50. The molecule has 0 aliphatic rings. The van der Waals surface area contributed by atoms with Crippen LogP contribution >= 0.6 is 15.9 Å². The highest BCUT2D eigenvalue weighted by Gasteiger charge is 2.02. The fourth-order valence-corrected chi connectivity index (χ4v) is 2.24. The van der Waals surface area contributed by atoms with Crippen molar-refractivity contribution in [3.05, 3.63) is 58.6 Å². The quantitative estimate of drug-likeness (QED) is 0.914. The van der Waals surface area contributed by atoms with E-state index >= 15 is 0 Å². The first-order valence-electron chi connectivity index (χ1n) is 5.92. The molecule has 0 heterocycles. The Morgan fingerprint density at radius 1 is 1.11 bits per heavy atom. The summed E-state index contributed by atoms with van der Waals surface area (Å²) in [6, 6.07) is 16.8. The number of nitrogens with one attached hydrogen (secondary N) is 1. The molecule has 0 aliphatic heterocycles. The Kier molecular flexibility index (Phi) is 4.26. The van der Waals surface area contributed by atoms with E-state index in [1.165, 1.54) is 11.3 Å². The van der Waals surface area contributed by atoms with Crippen LogP contribution in [0.5, 0.6) is 0 Å². The molecule has 0 amide bonds. The van der Waals surface area contributed by atoms with Crippen LogP contribution in [-0.2, 0) is 6.54 Å². The Morgan fingerprint density at radius 2 is 1.83 bits per heavy atom. The molecule has 1 N–H and O–H groups in total. The third-order valence-electron chi connectivity index (χ3n) is 2.91. The van der Waals surface area contributed by atoms with Crippen molar-refractivity contribution in [1.82, 2.24) is 0 Å². The summed E-state index contributed by atoms with van der Waals surface area (Å²) in [5.41, 5.74) is 3.66. The summed E-state index contributed by atoms with van der Waals surface area (Å²) in [4.78, 5) is 2.24. The van der Waals surface area contributed by atoms with E-state index in [4.69, 9.17) is 0 Å². The average molecular weight is 305 g/mol. The fraction of sp³-hybridized carbons (Fsp3) is 0.200. The molecule has 0 radical (unpaired) electrons. The van der Waals surface area contributed by atoms with Crippen molar-refractivity contribution in [3.63, 3.8) is 0 Å². The highest BCUT2D eigenvalue weighted by molar-refractivity contribution is 9.10. The Morgan fingerprint density at radius 3 is 2.44 bits per heavy atom. The van der Waals surface area contributed by atoms with Crippen molar-refractivity contribution in [2.75, 3.05) is 24.3 Å². The molecule has 3 heteroatoms. The number of halogens is 1. The molecular formula is C15H17BrN2. The summed E-state index contributed by atoms with van der Waals surface area (Å²) in [5.74, 6) is 0. The van der Waals surface area contributed by atoms with Crippen molar-refractivity contribution >= 4 is 27.3 Å². The molecule has 2 nitrogen and oxygen atoms in total. The molecule has 0 saturated carbocycles. The van der Waals surface area contributed by atoms with Gasteiger partial charge in [0.05, 0.1) is 0 Å². The lowest BCUT2D eigenvalue weighted by molar-refractivity contribution is 0.923. The fourth-order valence-electron chi connectivity index (χ4n) is 1.86. The van der Waals surface area contributed by atoms with Gasteiger partial charge in [0.25, 0.3) is 0 Å². The van der Waals surface area contributed by atoms with Crippen LogP contribution in [0.2, 0.25) is 0 Å². The van der Waals surface area contributed by atoms with E-state index in [2.05, 4.69) is 75.7 Å². The van der Waals surface area contributed by atoms with Crippen molar-refractivity contribution in [3.8, 4) is 0 Å². The molecule has 0 atom stereocenters. The Labute approximate surface area is 117 Å². The van der Waals surface area contributed by atoms with E-state index in [1.807, 2.05) is 13.1 Å². The van der Waals surface area contributed by atoms with Gasteiger partial charge in [-0.3, -0.25) is 0 Å². The zero-order valence-electron chi connectivity index (χ0n) is 10.7.